The monoisotopic (exact) mass is 223 g/mol. The molecule has 1 rings (SSSR count). The van der Waals surface area contributed by atoms with Gasteiger partial charge in [0.2, 0.25) is 0 Å². The predicted molar refractivity (Wildman–Crippen MR) is 67.1 cm³/mol. The van der Waals surface area contributed by atoms with Crippen molar-refractivity contribution in [3.05, 3.63) is 0 Å². The summed E-state index contributed by atoms with van der Waals surface area (Å²) in [5.41, 5.74) is 0. The van der Waals surface area contributed by atoms with Crippen molar-refractivity contribution >= 4 is 0 Å². The molecule has 1 saturated carbocycles. The molecule has 0 aromatic heterocycles. The minimum atomic E-state index is 0.155. The fraction of sp³-hybridized carbons (Fsp3) is 0.923. The van der Waals surface area contributed by atoms with Crippen molar-refractivity contribution in [2.75, 3.05) is 20.1 Å². The highest BCUT2D eigenvalue weighted by atomic mass is 15.2. The van der Waals surface area contributed by atoms with Crippen molar-refractivity contribution < 1.29 is 0 Å². The van der Waals surface area contributed by atoms with Gasteiger partial charge in [-0.1, -0.05) is 6.92 Å². The van der Waals surface area contributed by atoms with Gasteiger partial charge in [0.15, 0.2) is 0 Å². The topological polar surface area (TPSA) is 39.1 Å². The lowest BCUT2D eigenvalue weighted by atomic mass is 9.90. The smallest absolute Gasteiger partial charge is 0.0666 e. The summed E-state index contributed by atoms with van der Waals surface area (Å²) in [5, 5.41) is 12.2. The summed E-state index contributed by atoms with van der Waals surface area (Å²) in [6, 6.07) is 3.75. The Bertz CT molecular complexity index is 226. The highest BCUT2D eigenvalue weighted by Gasteiger charge is 2.24. The zero-order valence-electron chi connectivity index (χ0n) is 10.9. The molecule has 0 aromatic carbocycles. The van der Waals surface area contributed by atoms with Gasteiger partial charge in [0.05, 0.1) is 12.0 Å². The Morgan fingerprint density at radius 1 is 1.38 bits per heavy atom. The summed E-state index contributed by atoms with van der Waals surface area (Å²) < 4.78 is 0. The molecule has 0 aliphatic heterocycles. The quantitative estimate of drug-likeness (QED) is 0.775. The molecule has 0 saturated heterocycles. The van der Waals surface area contributed by atoms with E-state index < -0.39 is 0 Å². The summed E-state index contributed by atoms with van der Waals surface area (Å²) in [6.07, 6.45) is 5.10. The molecule has 0 spiro atoms. The number of nitrogens with zero attached hydrogens (tertiary/aromatic N) is 2. The lowest BCUT2D eigenvalue weighted by Gasteiger charge is -2.36. The maximum atomic E-state index is 8.87. The summed E-state index contributed by atoms with van der Waals surface area (Å²) in [7, 11) is 2.06. The maximum absolute atomic E-state index is 8.87. The second-order valence-electron chi connectivity index (χ2n) is 4.91. The molecule has 1 N–H and O–H groups in total. The predicted octanol–water partition coefficient (Wildman–Crippen LogP) is 2.00. The fourth-order valence-corrected chi connectivity index (χ4v) is 2.66. The van der Waals surface area contributed by atoms with E-state index in [1.165, 1.54) is 25.7 Å². The number of nitriles is 1. The van der Waals surface area contributed by atoms with Crippen molar-refractivity contribution in [3.63, 3.8) is 0 Å². The van der Waals surface area contributed by atoms with Crippen LogP contribution < -0.4 is 5.32 Å². The summed E-state index contributed by atoms with van der Waals surface area (Å²) in [4.78, 5) is 2.49. The summed E-state index contributed by atoms with van der Waals surface area (Å²) in [5.74, 6) is 0.155. The SMILES string of the molecule is CCN(CC(C)C#N)C1CCC(NC)CC1. The van der Waals surface area contributed by atoms with Gasteiger partial charge >= 0.3 is 0 Å². The molecule has 0 radical (unpaired) electrons. The Kier molecular flexibility index (Phi) is 5.79. The first-order chi connectivity index (χ1) is 7.71. The zero-order chi connectivity index (χ0) is 12.0. The van der Waals surface area contributed by atoms with Crippen molar-refractivity contribution in [1.29, 1.82) is 5.26 Å². The minimum Gasteiger partial charge on any atom is -0.317 e. The first kappa shape index (κ1) is 13.5. The fourth-order valence-electron chi connectivity index (χ4n) is 2.66. The molecular weight excluding hydrogens is 198 g/mol. The van der Waals surface area contributed by atoms with E-state index >= 15 is 0 Å². The molecule has 16 heavy (non-hydrogen) atoms. The highest BCUT2D eigenvalue weighted by molar-refractivity contribution is 4.86. The molecule has 1 fully saturated rings. The van der Waals surface area contributed by atoms with Crippen molar-refractivity contribution in [2.24, 2.45) is 5.92 Å². The van der Waals surface area contributed by atoms with Crippen LogP contribution in [0.15, 0.2) is 0 Å². The van der Waals surface area contributed by atoms with Crippen LogP contribution in [0.1, 0.15) is 39.5 Å². The normalized spacial score (nSPS) is 27.7. The Labute approximate surface area is 99.8 Å². The molecule has 3 nitrogen and oxygen atoms in total. The molecule has 0 heterocycles. The van der Waals surface area contributed by atoms with Gasteiger partial charge in [-0.2, -0.15) is 5.26 Å². The van der Waals surface area contributed by atoms with Crippen LogP contribution >= 0.6 is 0 Å². The van der Waals surface area contributed by atoms with Crippen LogP contribution in [0.4, 0.5) is 0 Å². The van der Waals surface area contributed by atoms with Gasteiger partial charge in [0.25, 0.3) is 0 Å². The van der Waals surface area contributed by atoms with E-state index in [4.69, 9.17) is 5.26 Å². The lowest BCUT2D eigenvalue weighted by Crippen LogP contribution is -2.43. The second kappa shape index (κ2) is 6.88. The van der Waals surface area contributed by atoms with E-state index in [1.54, 1.807) is 0 Å². The van der Waals surface area contributed by atoms with Gasteiger partial charge in [-0.3, -0.25) is 4.90 Å². The van der Waals surface area contributed by atoms with Crippen LogP contribution in [-0.4, -0.2) is 37.1 Å². The molecule has 0 bridgehead atoms. The first-order valence-electron chi connectivity index (χ1n) is 6.52. The number of hydrogen-bond donors (Lipinski definition) is 1. The molecule has 92 valence electrons. The van der Waals surface area contributed by atoms with Gasteiger partial charge < -0.3 is 5.32 Å². The minimum absolute atomic E-state index is 0.155. The maximum Gasteiger partial charge on any atom is 0.0666 e. The van der Waals surface area contributed by atoms with Crippen LogP contribution in [0, 0.1) is 17.2 Å². The Balaban J connectivity index is 2.40. The van der Waals surface area contributed by atoms with E-state index in [0.717, 1.165) is 13.1 Å². The van der Waals surface area contributed by atoms with Gasteiger partial charge in [-0.05, 0) is 46.2 Å². The largest absolute Gasteiger partial charge is 0.317 e. The molecule has 1 aliphatic carbocycles. The van der Waals surface area contributed by atoms with E-state index in [9.17, 15) is 0 Å². The molecule has 1 aliphatic rings. The average Bonchev–Trinajstić information content (AvgIpc) is 2.35. The standard InChI is InChI=1S/C13H25N3/c1-4-16(10-11(2)9-14)13-7-5-12(15-3)6-8-13/h11-13,15H,4-8,10H2,1-3H3. The first-order valence-corrected chi connectivity index (χ1v) is 6.52. The third-order valence-corrected chi connectivity index (χ3v) is 3.76. The molecule has 1 atom stereocenters. The average molecular weight is 223 g/mol. The van der Waals surface area contributed by atoms with Gasteiger partial charge in [0, 0.05) is 18.6 Å². The molecule has 3 heteroatoms. The summed E-state index contributed by atoms with van der Waals surface area (Å²) in [6.45, 7) is 6.22. The number of rotatable bonds is 5. The van der Waals surface area contributed by atoms with Gasteiger partial charge in [0.1, 0.15) is 0 Å². The Morgan fingerprint density at radius 3 is 2.44 bits per heavy atom. The number of hydrogen-bond acceptors (Lipinski definition) is 3. The summed E-state index contributed by atoms with van der Waals surface area (Å²) >= 11 is 0. The van der Waals surface area contributed by atoms with Crippen LogP contribution in [-0.2, 0) is 0 Å². The van der Waals surface area contributed by atoms with Crippen LogP contribution in [0.25, 0.3) is 0 Å². The zero-order valence-corrected chi connectivity index (χ0v) is 10.9. The van der Waals surface area contributed by atoms with E-state index in [-0.39, 0.29) is 5.92 Å². The lowest BCUT2D eigenvalue weighted by molar-refractivity contribution is 0.142. The molecule has 0 amide bonds. The van der Waals surface area contributed by atoms with Crippen molar-refractivity contribution in [3.8, 4) is 6.07 Å². The highest BCUT2D eigenvalue weighted by Crippen LogP contribution is 2.23. The second-order valence-corrected chi connectivity index (χ2v) is 4.91. The Morgan fingerprint density at radius 2 is 2.00 bits per heavy atom. The van der Waals surface area contributed by atoms with Gasteiger partial charge in [-0.15, -0.1) is 0 Å². The van der Waals surface area contributed by atoms with Crippen molar-refractivity contribution in [2.45, 2.75) is 51.6 Å². The van der Waals surface area contributed by atoms with Crippen molar-refractivity contribution in [1.82, 2.24) is 10.2 Å². The van der Waals surface area contributed by atoms with Crippen LogP contribution in [0.5, 0.6) is 0 Å². The van der Waals surface area contributed by atoms with E-state index in [1.807, 2.05) is 6.92 Å². The van der Waals surface area contributed by atoms with E-state index in [0.29, 0.717) is 12.1 Å². The van der Waals surface area contributed by atoms with E-state index in [2.05, 4.69) is 30.3 Å². The third kappa shape index (κ3) is 3.77. The third-order valence-electron chi connectivity index (χ3n) is 3.76. The molecule has 0 aromatic rings. The van der Waals surface area contributed by atoms with Crippen LogP contribution in [0.3, 0.4) is 0 Å². The molecule has 1 unspecified atom stereocenters. The molecular formula is C13H25N3. The number of nitrogens with one attached hydrogen (secondary N) is 1. The van der Waals surface area contributed by atoms with Gasteiger partial charge in [-0.25, -0.2) is 0 Å². The van der Waals surface area contributed by atoms with Crippen LogP contribution in [0.2, 0.25) is 0 Å². The Hall–Kier alpha value is -0.590.